The highest BCUT2D eigenvalue weighted by atomic mass is 35.5. The van der Waals surface area contributed by atoms with Crippen molar-refractivity contribution in [2.24, 2.45) is 4.99 Å². The third-order valence-corrected chi connectivity index (χ3v) is 5.78. The van der Waals surface area contributed by atoms with Crippen molar-refractivity contribution in [2.75, 3.05) is 6.61 Å². The monoisotopic (exact) mass is 510 g/mol. The van der Waals surface area contributed by atoms with Gasteiger partial charge in [-0.05, 0) is 68.5 Å². The molecule has 0 unspecified atom stereocenters. The molecule has 0 saturated heterocycles. The Morgan fingerprint density at radius 3 is 2.26 bits per heavy atom. The number of hydrogen-bond acceptors (Lipinski definition) is 3. The lowest BCUT2D eigenvalue weighted by Crippen LogP contribution is -2.47. The van der Waals surface area contributed by atoms with E-state index in [0.29, 0.717) is 37.9 Å². The Morgan fingerprint density at radius 2 is 1.63 bits per heavy atom. The molecule has 1 fully saturated rings. The molecule has 0 radical (unpaired) electrons. The number of nitrogens with one attached hydrogen (secondary N) is 3. The van der Waals surface area contributed by atoms with Crippen LogP contribution in [-0.4, -0.2) is 36.7 Å². The molecule has 0 heterocycles. The topological polar surface area (TPSA) is 91.8 Å². The van der Waals surface area contributed by atoms with Gasteiger partial charge in [-0.2, -0.15) is 4.99 Å². The SMILES string of the molecule is CCOC(=O)N[C@H]1CC[C@H](N/C(=N\C(=O)c2ccc(F)c(F)c2)NCc2ccc(F)c(Cl)c2)CC1. The largest absolute Gasteiger partial charge is 0.450 e. The zero-order valence-electron chi connectivity index (χ0n) is 19.0. The summed E-state index contributed by atoms with van der Waals surface area (Å²) in [6.07, 6.45) is 2.28. The maximum atomic E-state index is 13.6. The van der Waals surface area contributed by atoms with E-state index in [4.69, 9.17) is 16.3 Å². The summed E-state index contributed by atoms with van der Waals surface area (Å²) >= 11 is 5.84. The third-order valence-electron chi connectivity index (χ3n) is 5.49. The molecule has 2 aromatic carbocycles. The lowest BCUT2D eigenvalue weighted by molar-refractivity contribution is 0.100. The molecule has 2 aromatic rings. The van der Waals surface area contributed by atoms with Crippen molar-refractivity contribution in [3.05, 3.63) is 70.0 Å². The fourth-order valence-electron chi connectivity index (χ4n) is 3.67. The summed E-state index contributed by atoms with van der Waals surface area (Å²) in [5.74, 6) is -3.41. The normalized spacial score (nSPS) is 18.0. The maximum Gasteiger partial charge on any atom is 0.407 e. The Hall–Kier alpha value is -3.27. The van der Waals surface area contributed by atoms with Crippen LogP contribution in [0.5, 0.6) is 0 Å². The van der Waals surface area contributed by atoms with Crippen molar-refractivity contribution < 1.29 is 27.5 Å². The highest BCUT2D eigenvalue weighted by Crippen LogP contribution is 2.19. The van der Waals surface area contributed by atoms with Gasteiger partial charge in [0.15, 0.2) is 17.6 Å². The molecular weight excluding hydrogens is 485 g/mol. The summed E-state index contributed by atoms with van der Waals surface area (Å²) in [6, 6.07) is 6.92. The average molecular weight is 511 g/mol. The quantitative estimate of drug-likeness (QED) is 0.387. The first-order chi connectivity index (χ1) is 16.7. The second-order valence-corrected chi connectivity index (χ2v) is 8.46. The van der Waals surface area contributed by atoms with Crippen LogP contribution in [0.3, 0.4) is 0 Å². The van der Waals surface area contributed by atoms with Crippen molar-refractivity contribution in [1.82, 2.24) is 16.0 Å². The first kappa shape index (κ1) is 26.3. The molecule has 2 amide bonds. The minimum atomic E-state index is -1.15. The van der Waals surface area contributed by atoms with Crippen LogP contribution in [-0.2, 0) is 11.3 Å². The van der Waals surface area contributed by atoms with E-state index in [1.54, 1.807) is 6.92 Å². The second-order valence-electron chi connectivity index (χ2n) is 8.05. The van der Waals surface area contributed by atoms with Gasteiger partial charge in [0, 0.05) is 24.2 Å². The van der Waals surface area contributed by atoms with Crippen LogP contribution < -0.4 is 16.0 Å². The third kappa shape index (κ3) is 7.88. The number of guanidine groups is 1. The number of benzene rings is 2. The fourth-order valence-corrected chi connectivity index (χ4v) is 3.87. The Balaban J connectivity index is 1.69. The Kier molecular flexibility index (Phi) is 9.36. The van der Waals surface area contributed by atoms with Crippen LogP contribution in [0.25, 0.3) is 0 Å². The maximum absolute atomic E-state index is 13.6. The summed E-state index contributed by atoms with van der Waals surface area (Å²) in [6.45, 7) is 2.20. The lowest BCUT2D eigenvalue weighted by Gasteiger charge is -2.30. The van der Waals surface area contributed by atoms with Crippen LogP contribution >= 0.6 is 11.6 Å². The Morgan fingerprint density at radius 1 is 0.971 bits per heavy atom. The number of amides is 2. The molecule has 1 aliphatic rings. The number of aliphatic imine (C=N–C) groups is 1. The van der Waals surface area contributed by atoms with E-state index in [9.17, 15) is 22.8 Å². The molecule has 0 aliphatic heterocycles. The van der Waals surface area contributed by atoms with E-state index in [0.717, 1.165) is 18.2 Å². The van der Waals surface area contributed by atoms with Crippen molar-refractivity contribution in [2.45, 2.75) is 51.2 Å². The van der Waals surface area contributed by atoms with Gasteiger partial charge < -0.3 is 20.7 Å². The molecule has 3 N–H and O–H groups in total. The van der Waals surface area contributed by atoms with Crippen molar-refractivity contribution in [3.63, 3.8) is 0 Å². The number of nitrogens with zero attached hydrogens (tertiary/aromatic N) is 1. The smallest absolute Gasteiger partial charge is 0.407 e. The molecule has 1 aliphatic carbocycles. The molecule has 1 saturated carbocycles. The van der Waals surface area contributed by atoms with E-state index < -0.39 is 29.5 Å². The van der Waals surface area contributed by atoms with Gasteiger partial charge in [0.05, 0.1) is 11.6 Å². The molecule has 0 spiro atoms. The zero-order valence-corrected chi connectivity index (χ0v) is 19.8. The first-order valence-electron chi connectivity index (χ1n) is 11.2. The van der Waals surface area contributed by atoms with Gasteiger partial charge in [-0.15, -0.1) is 0 Å². The summed E-state index contributed by atoms with van der Waals surface area (Å²) in [4.78, 5) is 28.3. The van der Waals surface area contributed by atoms with E-state index in [1.165, 1.54) is 18.2 Å². The van der Waals surface area contributed by atoms with E-state index in [1.807, 2.05) is 0 Å². The Labute approximate surface area is 206 Å². The summed E-state index contributed by atoms with van der Waals surface area (Å²) in [5, 5.41) is 8.95. The number of carbonyl (C=O) groups is 2. The van der Waals surface area contributed by atoms with E-state index in [-0.39, 0.29) is 35.2 Å². The highest BCUT2D eigenvalue weighted by Gasteiger charge is 2.24. The molecule has 0 atom stereocenters. The van der Waals surface area contributed by atoms with Crippen LogP contribution in [0.15, 0.2) is 41.4 Å². The van der Waals surface area contributed by atoms with Gasteiger partial charge in [-0.3, -0.25) is 4.79 Å². The zero-order chi connectivity index (χ0) is 25.4. The van der Waals surface area contributed by atoms with Crippen LogP contribution in [0.4, 0.5) is 18.0 Å². The van der Waals surface area contributed by atoms with Crippen molar-refractivity contribution in [3.8, 4) is 0 Å². The number of halogens is 4. The van der Waals surface area contributed by atoms with Gasteiger partial charge in [0.1, 0.15) is 5.82 Å². The van der Waals surface area contributed by atoms with Gasteiger partial charge in [-0.1, -0.05) is 17.7 Å². The van der Waals surface area contributed by atoms with Gasteiger partial charge in [-0.25, -0.2) is 18.0 Å². The van der Waals surface area contributed by atoms with Gasteiger partial charge in [0.2, 0.25) is 0 Å². The minimum absolute atomic E-state index is 0.0226. The predicted molar refractivity (Wildman–Crippen MR) is 126 cm³/mol. The number of carbonyl (C=O) groups excluding carboxylic acids is 2. The first-order valence-corrected chi connectivity index (χ1v) is 11.6. The van der Waals surface area contributed by atoms with Crippen molar-refractivity contribution in [1.29, 1.82) is 0 Å². The second kappa shape index (κ2) is 12.4. The van der Waals surface area contributed by atoms with Gasteiger partial charge in [0.25, 0.3) is 5.91 Å². The van der Waals surface area contributed by atoms with E-state index in [2.05, 4.69) is 20.9 Å². The number of alkyl carbamates (subject to hydrolysis) is 1. The lowest BCUT2D eigenvalue weighted by atomic mass is 9.91. The molecule has 11 heteroatoms. The molecule has 35 heavy (non-hydrogen) atoms. The minimum Gasteiger partial charge on any atom is -0.450 e. The molecule has 188 valence electrons. The van der Waals surface area contributed by atoms with Crippen LogP contribution in [0.1, 0.15) is 48.5 Å². The predicted octanol–water partition coefficient (Wildman–Crippen LogP) is 4.69. The van der Waals surface area contributed by atoms with E-state index >= 15 is 0 Å². The average Bonchev–Trinajstić information content (AvgIpc) is 2.82. The molecular formula is C24H26ClF3N4O3. The molecule has 0 aromatic heterocycles. The summed E-state index contributed by atoms with van der Waals surface area (Å²) in [5.41, 5.74) is 0.533. The van der Waals surface area contributed by atoms with Crippen LogP contribution in [0.2, 0.25) is 5.02 Å². The molecule has 3 rings (SSSR count). The summed E-state index contributed by atoms with van der Waals surface area (Å²) in [7, 11) is 0. The number of hydrogen-bond donors (Lipinski definition) is 3. The van der Waals surface area contributed by atoms with Gasteiger partial charge >= 0.3 is 6.09 Å². The number of rotatable bonds is 6. The van der Waals surface area contributed by atoms with Crippen LogP contribution in [0, 0.1) is 17.5 Å². The summed E-state index contributed by atoms with van der Waals surface area (Å²) < 4.78 is 45.2. The fraction of sp³-hybridized carbons (Fsp3) is 0.375. The Bertz CT molecular complexity index is 1090. The number of ether oxygens (including phenoxy) is 1. The highest BCUT2D eigenvalue weighted by molar-refractivity contribution is 6.30. The molecule has 0 bridgehead atoms. The molecule has 7 nitrogen and oxygen atoms in total. The van der Waals surface area contributed by atoms with Crippen molar-refractivity contribution >= 4 is 29.6 Å². The standard InChI is InChI=1S/C24H26ClF3N4O3/c1-2-35-24(34)31-17-7-5-16(6-8-17)30-23(29-13-14-3-9-19(26)18(25)11-14)32-22(33)15-4-10-20(27)21(28)12-15/h3-4,9-12,16-17H,2,5-8,13H2,1H3,(H,31,34)(H2,29,30,32,33)/t16-,17-.